The van der Waals surface area contributed by atoms with Crippen molar-refractivity contribution in [2.45, 2.75) is 25.0 Å². The molecule has 1 unspecified atom stereocenters. The molecule has 0 fully saturated rings. The molecule has 0 bridgehead atoms. The molecule has 2 aliphatic heterocycles. The van der Waals surface area contributed by atoms with E-state index in [0.29, 0.717) is 11.7 Å². The van der Waals surface area contributed by atoms with Crippen molar-refractivity contribution in [2.24, 2.45) is 4.99 Å². The highest BCUT2D eigenvalue weighted by molar-refractivity contribution is 8.04. The summed E-state index contributed by atoms with van der Waals surface area (Å²) in [7, 11) is 0. The number of hydrogen-bond donors (Lipinski definition) is 0. The summed E-state index contributed by atoms with van der Waals surface area (Å²) in [5.74, 6) is 0.0912. The fourth-order valence-electron chi connectivity index (χ4n) is 1.55. The zero-order valence-corrected chi connectivity index (χ0v) is 10.1. The molecule has 5 heteroatoms. The van der Waals surface area contributed by atoms with Gasteiger partial charge in [-0.05, 0) is 30.1 Å². The van der Waals surface area contributed by atoms with Gasteiger partial charge in [-0.1, -0.05) is 13.3 Å². The van der Waals surface area contributed by atoms with Crippen LogP contribution in [-0.4, -0.2) is 33.4 Å². The second-order valence-electron chi connectivity index (χ2n) is 3.48. The molecule has 2 heterocycles. The van der Waals surface area contributed by atoms with E-state index in [4.69, 9.17) is 12.2 Å². The maximum Gasteiger partial charge on any atom is 0.248 e. The van der Waals surface area contributed by atoms with E-state index < -0.39 is 0 Å². The molecule has 80 valence electrons. The third kappa shape index (κ3) is 1.99. The van der Waals surface area contributed by atoms with Crippen molar-refractivity contribution in [2.75, 3.05) is 6.54 Å². The lowest BCUT2D eigenvalue weighted by Crippen LogP contribution is -2.47. The lowest BCUT2D eigenvalue weighted by atomic mass is 10.2. The zero-order valence-electron chi connectivity index (χ0n) is 8.47. The van der Waals surface area contributed by atoms with Crippen molar-refractivity contribution in [1.82, 2.24) is 4.90 Å². The normalized spacial score (nSPS) is 24.5. The summed E-state index contributed by atoms with van der Waals surface area (Å²) in [6.45, 7) is 2.79. The molecule has 0 spiro atoms. The molecule has 0 radical (unpaired) electrons. The predicted molar refractivity (Wildman–Crippen MR) is 67.2 cm³/mol. The topological polar surface area (TPSA) is 32.7 Å². The Bertz CT molecular complexity index is 362. The molecule has 0 saturated heterocycles. The minimum absolute atomic E-state index is 0.0912. The van der Waals surface area contributed by atoms with E-state index in [1.807, 2.05) is 11.5 Å². The van der Waals surface area contributed by atoms with Gasteiger partial charge in [0.05, 0.1) is 5.71 Å². The van der Waals surface area contributed by atoms with Crippen molar-refractivity contribution in [1.29, 1.82) is 0 Å². The van der Waals surface area contributed by atoms with Crippen LogP contribution in [0.3, 0.4) is 0 Å². The molecule has 3 nitrogen and oxygen atoms in total. The average Bonchev–Trinajstić information content (AvgIpc) is 2.65. The van der Waals surface area contributed by atoms with Gasteiger partial charge in [-0.3, -0.25) is 9.69 Å². The number of thiocarbonyl (C=S) groups is 1. The summed E-state index contributed by atoms with van der Waals surface area (Å²) in [4.78, 5) is 17.9. The number of amides is 1. The van der Waals surface area contributed by atoms with Crippen LogP contribution >= 0.6 is 24.0 Å². The van der Waals surface area contributed by atoms with Crippen LogP contribution < -0.4 is 0 Å². The van der Waals surface area contributed by atoms with E-state index in [0.717, 1.165) is 18.6 Å². The second-order valence-corrected chi connectivity index (χ2v) is 4.86. The van der Waals surface area contributed by atoms with Crippen LogP contribution in [0.2, 0.25) is 0 Å². The van der Waals surface area contributed by atoms with E-state index in [2.05, 4.69) is 11.9 Å². The number of carbonyl (C=O) groups is 1. The highest BCUT2D eigenvalue weighted by atomic mass is 32.2. The van der Waals surface area contributed by atoms with Gasteiger partial charge in [0.25, 0.3) is 0 Å². The number of rotatable bonds is 3. The third-order valence-corrected chi connectivity index (χ3v) is 3.72. The third-order valence-electron chi connectivity index (χ3n) is 2.40. The standard InChI is InChI=1S/C10H12N2OS2/c1-2-3-5-12-9(13)8-7(4-6-15-8)11-10(12)14/h4,6,8H,2-3,5H2,1H3. The summed E-state index contributed by atoms with van der Waals surface area (Å²) in [5.41, 5.74) is 0.808. The highest BCUT2D eigenvalue weighted by Crippen LogP contribution is 2.27. The van der Waals surface area contributed by atoms with Crippen LogP contribution in [0.1, 0.15) is 19.8 Å². The number of allylic oxidation sites excluding steroid dienone is 1. The molecule has 0 saturated carbocycles. The lowest BCUT2D eigenvalue weighted by Gasteiger charge is -2.27. The van der Waals surface area contributed by atoms with E-state index >= 15 is 0 Å². The molecular formula is C10H12N2OS2. The number of nitrogens with zero attached hydrogens (tertiary/aromatic N) is 2. The van der Waals surface area contributed by atoms with Gasteiger partial charge < -0.3 is 0 Å². The van der Waals surface area contributed by atoms with Gasteiger partial charge in [0, 0.05) is 6.54 Å². The minimum Gasteiger partial charge on any atom is -0.286 e. The number of carbonyl (C=O) groups excluding carboxylic acids is 1. The smallest absolute Gasteiger partial charge is 0.248 e. The Morgan fingerprint density at radius 2 is 2.47 bits per heavy atom. The van der Waals surface area contributed by atoms with Gasteiger partial charge in [-0.25, -0.2) is 4.99 Å². The van der Waals surface area contributed by atoms with Crippen molar-refractivity contribution < 1.29 is 4.79 Å². The number of aliphatic imine (C=N–C) groups is 1. The van der Waals surface area contributed by atoms with E-state index in [1.54, 1.807) is 4.90 Å². The van der Waals surface area contributed by atoms with Gasteiger partial charge in [-0.15, -0.1) is 11.8 Å². The first-order valence-electron chi connectivity index (χ1n) is 5.00. The molecule has 15 heavy (non-hydrogen) atoms. The Morgan fingerprint density at radius 3 is 3.20 bits per heavy atom. The fourth-order valence-corrected chi connectivity index (χ4v) is 2.73. The first-order chi connectivity index (χ1) is 7.24. The quantitative estimate of drug-likeness (QED) is 0.707. The molecule has 0 aromatic heterocycles. The fraction of sp³-hybridized carbons (Fsp3) is 0.500. The molecule has 1 amide bonds. The number of hydrogen-bond acceptors (Lipinski definition) is 3. The number of thioether (sulfide) groups is 1. The largest absolute Gasteiger partial charge is 0.286 e. The predicted octanol–water partition coefficient (Wildman–Crippen LogP) is 1.98. The van der Waals surface area contributed by atoms with Gasteiger partial charge in [0.1, 0.15) is 5.25 Å². The van der Waals surface area contributed by atoms with Crippen LogP contribution in [0.25, 0.3) is 0 Å². The summed E-state index contributed by atoms with van der Waals surface area (Å²) in [5, 5.41) is 2.19. The van der Waals surface area contributed by atoms with Gasteiger partial charge >= 0.3 is 0 Å². The van der Waals surface area contributed by atoms with Crippen molar-refractivity contribution in [3.63, 3.8) is 0 Å². The molecule has 0 aliphatic carbocycles. The molecule has 2 aliphatic rings. The van der Waals surface area contributed by atoms with Crippen LogP contribution in [0.15, 0.2) is 16.5 Å². The second kappa shape index (κ2) is 4.45. The Labute approximate surface area is 98.6 Å². The van der Waals surface area contributed by atoms with E-state index in [-0.39, 0.29) is 11.2 Å². The van der Waals surface area contributed by atoms with Crippen molar-refractivity contribution in [3.05, 3.63) is 11.5 Å². The summed E-state index contributed by atoms with van der Waals surface area (Å²) < 4.78 is 0. The summed E-state index contributed by atoms with van der Waals surface area (Å²) in [6, 6.07) is 0. The van der Waals surface area contributed by atoms with E-state index in [1.165, 1.54) is 11.8 Å². The molecule has 2 rings (SSSR count). The van der Waals surface area contributed by atoms with Crippen LogP contribution in [-0.2, 0) is 4.79 Å². The molecular weight excluding hydrogens is 228 g/mol. The van der Waals surface area contributed by atoms with Crippen molar-refractivity contribution in [3.8, 4) is 0 Å². The molecule has 0 N–H and O–H groups in total. The minimum atomic E-state index is -0.145. The highest BCUT2D eigenvalue weighted by Gasteiger charge is 2.36. The zero-order chi connectivity index (χ0) is 10.8. The molecule has 0 aromatic rings. The van der Waals surface area contributed by atoms with Gasteiger partial charge in [-0.2, -0.15) is 0 Å². The average molecular weight is 240 g/mol. The maximum atomic E-state index is 12.0. The van der Waals surface area contributed by atoms with Gasteiger partial charge in [0.15, 0.2) is 0 Å². The maximum absolute atomic E-state index is 12.0. The Hall–Kier alpha value is -0.680. The monoisotopic (exact) mass is 240 g/mol. The number of fused-ring (bicyclic) bond motifs is 1. The van der Waals surface area contributed by atoms with Gasteiger partial charge in [0.2, 0.25) is 11.0 Å². The van der Waals surface area contributed by atoms with E-state index in [9.17, 15) is 4.79 Å². The Kier molecular flexibility index (Phi) is 3.21. The molecule has 0 aromatic carbocycles. The Morgan fingerprint density at radius 1 is 1.67 bits per heavy atom. The number of unbranched alkanes of at least 4 members (excludes halogenated alkanes) is 1. The lowest BCUT2D eigenvalue weighted by molar-refractivity contribution is -0.125. The molecule has 1 atom stereocenters. The first-order valence-corrected chi connectivity index (χ1v) is 6.35. The summed E-state index contributed by atoms with van der Waals surface area (Å²) >= 11 is 6.63. The van der Waals surface area contributed by atoms with Crippen molar-refractivity contribution >= 4 is 40.7 Å². The summed E-state index contributed by atoms with van der Waals surface area (Å²) in [6.07, 6.45) is 3.90. The SMILES string of the molecule is CCCCN1C(=O)C2SC=CC2=NC1=S. The van der Waals surface area contributed by atoms with Crippen LogP contribution in [0.4, 0.5) is 0 Å². The van der Waals surface area contributed by atoms with Crippen LogP contribution in [0.5, 0.6) is 0 Å². The Balaban J connectivity index is 2.16. The first kappa shape index (κ1) is 10.8. The van der Waals surface area contributed by atoms with Crippen LogP contribution in [0, 0.1) is 0 Å².